The highest BCUT2D eigenvalue weighted by Gasteiger charge is 2.04. The molecule has 0 aliphatic carbocycles. The van der Waals surface area contributed by atoms with Gasteiger partial charge in [0.2, 0.25) is 0 Å². The second-order valence-corrected chi connectivity index (χ2v) is 4.64. The maximum atomic E-state index is 5.53. The third kappa shape index (κ3) is 5.33. The van der Waals surface area contributed by atoms with Crippen LogP contribution in [-0.4, -0.2) is 25.0 Å². The highest BCUT2D eigenvalue weighted by atomic mass is 16.3. The summed E-state index contributed by atoms with van der Waals surface area (Å²) in [5, 5.41) is 0. The molecule has 2 N–H and O–H groups in total. The van der Waals surface area contributed by atoms with Crippen molar-refractivity contribution >= 4 is 0 Å². The lowest BCUT2D eigenvalue weighted by Gasteiger charge is -2.16. The van der Waals surface area contributed by atoms with Crippen molar-refractivity contribution in [3.05, 3.63) is 24.2 Å². The van der Waals surface area contributed by atoms with Crippen LogP contribution in [0.4, 0.5) is 0 Å². The van der Waals surface area contributed by atoms with Gasteiger partial charge < -0.3 is 10.2 Å². The number of hydrogen-bond acceptors (Lipinski definition) is 3. The van der Waals surface area contributed by atoms with Gasteiger partial charge in [-0.15, -0.1) is 0 Å². The first-order valence-corrected chi connectivity index (χ1v) is 6.13. The van der Waals surface area contributed by atoms with Gasteiger partial charge in [-0.25, -0.2) is 0 Å². The molecule has 16 heavy (non-hydrogen) atoms. The van der Waals surface area contributed by atoms with E-state index in [-0.39, 0.29) is 0 Å². The van der Waals surface area contributed by atoms with Crippen molar-refractivity contribution in [1.29, 1.82) is 0 Å². The molecule has 0 aromatic carbocycles. The minimum atomic E-state index is 0.752. The Morgan fingerprint density at radius 2 is 2.25 bits per heavy atom. The van der Waals surface area contributed by atoms with Crippen LogP contribution in [0.15, 0.2) is 22.8 Å². The average molecular weight is 224 g/mol. The molecular weight excluding hydrogens is 200 g/mol. The molecule has 1 atom stereocenters. The summed E-state index contributed by atoms with van der Waals surface area (Å²) in [6, 6.07) is 3.96. The summed E-state index contributed by atoms with van der Waals surface area (Å²) in [5.41, 5.74) is 5.53. The van der Waals surface area contributed by atoms with E-state index in [4.69, 9.17) is 10.2 Å². The molecule has 3 heteroatoms. The zero-order valence-corrected chi connectivity index (χ0v) is 10.5. The first-order chi connectivity index (χ1) is 7.72. The number of nitrogens with two attached hydrogens (primary N) is 1. The normalized spacial score (nSPS) is 13.2. The van der Waals surface area contributed by atoms with Gasteiger partial charge in [0.25, 0.3) is 0 Å². The van der Waals surface area contributed by atoms with Crippen LogP contribution in [0, 0.1) is 5.92 Å². The molecule has 1 aromatic heterocycles. The fraction of sp³-hybridized carbons (Fsp3) is 0.692. The molecule has 1 rings (SSSR count). The number of rotatable bonds is 8. The third-order valence-corrected chi connectivity index (χ3v) is 2.90. The van der Waals surface area contributed by atoms with Gasteiger partial charge >= 0.3 is 0 Å². The Bertz CT molecular complexity index is 259. The molecule has 1 heterocycles. The Kier molecular flexibility index (Phi) is 6.19. The standard InChI is InChI=1S/C13H24N2O/c1-12(7-8-14)5-3-9-15(2)11-13-6-4-10-16-13/h4,6,10,12H,3,5,7-9,11,14H2,1-2H3. The molecular formula is C13H24N2O. The van der Waals surface area contributed by atoms with Crippen molar-refractivity contribution in [1.82, 2.24) is 4.90 Å². The van der Waals surface area contributed by atoms with Crippen LogP contribution in [0.1, 0.15) is 31.9 Å². The zero-order chi connectivity index (χ0) is 11.8. The van der Waals surface area contributed by atoms with Gasteiger partial charge in [0.05, 0.1) is 12.8 Å². The zero-order valence-electron chi connectivity index (χ0n) is 10.5. The Labute approximate surface area is 98.6 Å². The van der Waals surface area contributed by atoms with Crippen LogP contribution < -0.4 is 5.73 Å². The van der Waals surface area contributed by atoms with Crippen LogP contribution in [0.25, 0.3) is 0 Å². The molecule has 1 aromatic rings. The smallest absolute Gasteiger partial charge is 0.117 e. The van der Waals surface area contributed by atoms with Crippen molar-refractivity contribution in [3.8, 4) is 0 Å². The molecule has 0 aliphatic heterocycles. The minimum absolute atomic E-state index is 0.752. The van der Waals surface area contributed by atoms with E-state index in [1.54, 1.807) is 6.26 Å². The Morgan fingerprint density at radius 1 is 1.44 bits per heavy atom. The molecule has 0 radical (unpaired) electrons. The quantitative estimate of drug-likeness (QED) is 0.737. The summed E-state index contributed by atoms with van der Waals surface area (Å²) in [5.74, 6) is 1.79. The molecule has 0 saturated heterocycles. The Morgan fingerprint density at radius 3 is 2.88 bits per heavy atom. The molecule has 0 bridgehead atoms. The van der Waals surface area contributed by atoms with E-state index >= 15 is 0 Å². The number of furan rings is 1. The first-order valence-electron chi connectivity index (χ1n) is 6.13. The lowest BCUT2D eigenvalue weighted by molar-refractivity contribution is 0.281. The van der Waals surface area contributed by atoms with E-state index in [0.29, 0.717) is 0 Å². The van der Waals surface area contributed by atoms with Gasteiger partial charge in [0.15, 0.2) is 0 Å². The SMILES string of the molecule is CC(CCN)CCCN(C)Cc1ccco1. The molecule has 92 valence electrons. The Balaban J connectivity index is 2.08. The lowest BCUT2D eigenvalue weighted by Crippen LogP contribution is -2.19. The average Bonchev–Trinajstić information content (AvgIpc) is 2.70. The van der Waals surface area contributed by atoms with Crippen LogP contribution >= 0.6 is 0 Å². The maximum Gasteiger partial charge on any atom is 0.117 e. The highest BCUT2D eigenvalue weighted by molar-refractivity contribution is 4.97. The lowest BCUT2D eigenvalue weighted by atomic mass is 10.0. The van der Waals surface area contributed by atoms with Gasteiger partial charge in [0.1, 0.15) is 5.76 Å². The van der Waals surface area contributed by atoms with E-state index in [1.165, 1.54) is 12.8 Å². The fourth-order valence-electron chi connectivity index (χ4n) is 1.89. The summed E-state index contributed by atoms with van der Waals surface area (Å²) in [7, 11) is 2.14. The van der Waals surface area contributed by atoms with E-state index in [2.05, 4.69) is 18.9 Å². The van der Waals surface area contributed by atoms with Gasteiger partial charge in [0, 0.05) is 0 Å². The van der Waals surface area contributed by atoms with Crippen molar-refractivity contribution in [2.24, 2.45) is 11.7 Å². The van der Waals surface area contributed by atoms with Crippen molar-refractivity contribution in [3.63, 3.8) is 0 Å². The monoisotopic (exact) mass is 224 g/mol. The first kappa shape index (κ1) is 13.3. The van der Waals surface area contributed by atoms with Crippen molar-refractivity contribution < 1.29 is 4.42 Å². The summed E-state index contributed by atoms with van der Waals surface area (Å²) in [6.45, 7) is 5.11. The summed E-state index contributed by atoms with van der Waals surface area (Å²) in [4.78, 5) is 2.30. The van der Waals surface area contributed by atoms with Crippen LogP contribution in [-0.2, 0) is 6.54 Å². The van der Waals surface area contributed by atoms with E-state index in [1.807, 2.05) is 12.1 Å². The molecule has 0 spiro atoms. The second kappa shape index (κ2) is 7.47. The maximum absolute atomic E-state index is 5.53. The molecule has 0 aliphatic rings. The largest absolute Gasteiger partial charge is 0.468 e. The molecule has 0 fully saturated rings. The predicted molar refractivity (Wildman–Crippen MR) is 67.1 cm³/mol. The van der Waals surface area contributed by atoms with E-state index in [0.717, 1.165) is 37.7 Å². The van der Waals surface area contributed by atoms with Crippen LogP contribution in [0.5, 0.6) is 0 Å². The van der Waals surface area contributed by atoms with E-state index < -0.39 is 0 Å². The van der Waals surface area contributed by atoms with Gasteiger partial charge in [-0.05, 0) is 57.5 Å². The Hall–Kier alpha value is -0.800. The summed E-state index contributed by atoms with van der Waals surface area (Å²) in [6.07, 6.45) is 5.37. The topological polar surface area (TPSA) is 42.4 Å². The third-order valence-electron chi connectivity index (χ3n) is 2.90. The molecule has 1 unspecified atom stereocenters. The number of hydrogen-bond donors (Lipinski definition) is 1. The molecule has 0 saturated carbocycles. The van der Waals surface area contributed by atoms with Crippen LogP contribution in [0.2, 0.25) is 0 Å². The molecule has 0 amide bonds. The van der Waals surface area contributed by atoms with Crippen molar-refractivity contribution in [2.75, 3.05) is 20.1 Å². The van der Waals surface area contributed by atoms with Gasteiger partial charge in [-0.2, -0.15) is 0 Å². The summed E-state index contributed by atoms with van der Waals surface area (Å²) >= 11 is 0. The number of nitrogens with zero attached hydrogens (tertiary/aromatic N) is 1. The second-order valence-electron chi connectivity index (χ2n) is 4.64. The van der Waals surface area contributed by atoms with Crippen molar-refractivity contribution in [2.45, 2.75) is 32.7 Å². The predicted octanol–water partition coefficient (Wildman–Crippen LogP) is 2.48. The fourth-order valence-corrected chi connectivity index (χ4v) is 1.89. The molecule has 3 nitrogen and oxygen atoms in total. The highest BCUT2D eigenvalue weighted by Crippen LogP contribution is 2.10. The summed E-state index contributed by atoms with van der Waals surface area (Å²) < 4.78 is 5.31. The van der Waals surface area contributed by atoms with Crippen LogP contribution in [0.3, 0.4) is 0 Å². The van der Waals surface area contributed by atoms with Gasteiger partial charge in [-0.3, -0.25) is 4.90 Å². The van der Waals surface area contributed by atoms with E-state index in [9.17, 15) is 0 Å². The van der Waals surface area contributed by atoms with Gasteiger partial charge in [-0.1, -0.05) is 6.92 Å². The minimum Gasteiger partial charge on any atom is -0.468 e.